The number of unbranched alkanes of at least 4 members (excludes halogenated alkanes) is 28. The molecule has 0 aliphatic heterocycles. The van der Waals surface area contributed by atoms with E-state index in [9.17, 15) is 9.59 Å². The maximum atomic E-state index is 12.7. The first-order chi connectivity index (χ1) is 48.7. The molecule has 540 valence electrons. The minimum Gasteiger partial charge on any atom is -0.491 e. The van der Waals surface area contributed by atoms with Crippen LogP contribution in [0.1, 0.15) is 345 Å². The maximum absolute atomic E-state index is 12.7. The van der Waals surface area contributed by atoms with Crippen molar-refractivity contribution >= 4 is 123 Å². The summed E-state index contributed by atoms with van der Waals surface area (Å²) < 4.78 is 10.2. The molecule has 8 aromatic heterocycles. The van der Waals surface area contributed by atoms with Gasteiger partial charge in [0.25, 0.3) is 0 Å². The SMILES string of the molecule is CCCCCCCCOc1c2cc(-c3cc(CCCCCC)c(-c4cc(CCCCCC)c(-c5cc(CCCCCC)c(C=O)s5)s4)s3)sc2c(CCCCCCCC)c2cc(-c3cc(CCCCCC)c(-c4cc(CCCCCC)c(-c5cc(CCCCCC)c(C=O)s5)s4)s3)sc12. The molecule has 0 bridgehead atoms. The topological polar surface area (TPSA) is 43.4 Å². The predicted octanol–water partition coefficient (Wildman–Crippen LogP) is 32.5. The van der Waals surface area contributed by atoms with Gasteiger partial charge >= 0.3 is 0 Å². The average molecular weight is 1480 g/mol. The van der Waals surface area contributed by atoms with Crippen LogP contribution in [0.15, 0.2) is 48.5 Å². The number of aldehydes is 2. The van der Waals surface area contributed by atoms with Crippen molar-refractivity contribution < 1.29 is 14.3 Å². The van der Waals surface area contributed by atoms with Crippen molar-refractivity contribution in [1.82, 2.24) is 0 Å². The van der Waals surface area contributed by atoms with E-state index in [-0.39, 0.29) is 0 Å². The van der Waals surface area contributed by atoms with Gasteiger partial charge in [0.15, 0.2) is 12.6 Å². The molecule has 0 N–H and O–H groups in total. The molecule has 0 aliphatic carbocycles. The van der Waals surface area contributed by atoms with E-state index in [1.54, 1.807) is 22.7 Å². The summed E-state index contributed by atoms with van der Waals surface area (Å²) in [7, 11) is 0. The second-order valence-electron chi connectivity index (χ2n) is 28.6. The summed E-state index contributed by atoms with van der Waals surface area (Å²) >= 11 is 15.6. The van der Waals surface area contributed by atoms with Gasteiger partial charge in [0.05, 0.1) is 21.1 Å². The Kier molecular flexibility index (Phi) is 35.1. The number of rotatable bonds is 53. The molecule has 11 heteroatoms. The Morgan fingerprint density at radius 3 is 0.919 bits per heavy atom. The molecular formula is C88H122O3S8. The summed E-state index contributed by atoms with van der Waals surface area (Å²) in [5.41, 5.74) is 9.98. The first kappa shape index (κ1) is 79.6. The molecule has 0 saturated carbocycles. The molecule has 0 unspecified atom stereocenters. The number of carbonyl (C=O) groups is 2. The summed E-state index contributed by atoms with van der Waals surface area (Å²) in [5.74, 6) is 1.11. The van der Waals surface area contributed by atoms with Gasteiger partial charge < -0.3 is 4.74 Å². The summed E-state index contributed by atoms with van der Waals surface area (Å²) in [6, 6.07) is 20.4. The van der Waals surface area contributed by atoms with Crippen LogP contribution in [0.3, 0.4) is 0 Å². The molecule has 3 nitrogen and oxygen atoms in total. The van der Waals surface area contributed by atoms with Crippen LogP contribution in [0, 0.1) is 0 Å². The van der Waals surface area contributed by atoms with E-state index in [0.29, 0.717) is 0 Å². The molecule has 0 atom stereocenters. The highest BCUT2D eigenvalue weighted by Gasteiger charge is 2.27. The van der Waals surface area contributed by atoms with E-state index in [2.05, 4.69) is 115 Å². The summed E-state index contributed by atoms with van der Waals surface area (Å²) in [4.78, 5) is 43.9. The highest BCUT2D eigenvalue weighted by Crippen LogP contribution is 2.55. The average Bonchev–Trinajstić information content (AvgIpc) is 1.59. The maximum Gasteiger partial charge on any atom is 0.160 e. The Morgan fingerprint density at radius 2 is 0.535 bits per heavy atom. The lowest BCUT2D eigenvalue weighted by molar-refractivity contribution is 0.111. The van der Waals surface area contributed by atoms with Crippen molar-refractivity contribution in [1.29, 1.82) is 0 Å². The number of fused-ring (bicyclic) bond motifs is 2. The largest absolute Gasteiger partial charge is 0.491 e. The van der Waals surface area contributed by atoms with Gasteiger partial charge in [-0.2, -0.15) is 0 Å². The third-order valence-electron chi connectivity index (χ3n) is 20.4. The first-order valence-corrected chi connectivity index (χ1v) is 46.6. The lowest BCUT2D eigenvalue weighted by atomic mass is 9.99. The van der Waals surface area contributed by atoms with Gasteiger partial charge in [-0.05, 0) is 184 Å². The molecule has 0 fully saturated rings. The van der Waals surface area contributed by atoms with Gasteiger partial charge in [0.1, 0.15) is 5.75 Å². The third kappa shape index (κ3) is 22.5. The predicted molar refractivity (Wildman–Crippen MR) is 451 cm³/mol. The van der Waals surface area contributed by atoms with Gasteiger partial charge in [0.2, 0.25) is 0 Å². The lowest BCUT2D eigenvalue weighted by Gasteiger charge is -2.13. The monoisotopic (exact) mass is 1480 g/mol. The normalized spacial score (nSPS) is 11.9. The van der Waals surface area contributed by atoms with Crippen molar-refractivity contribution in [2.75, 3.05) is 6.61 Å². The number of thiophene rings is 8. The van der Waals surface area contributed by atoms with Crippen LogP contribution in [0.2, 0.25) is 0 Å². The summed E-state index contributed by atoms with van der Waals surface area (Å²) in [6.07, 6.45) is 54.3. The number of benzene rings is 1. The fraction of sp³-hybridized carbons (Fsp3) is 0.591. The first-order valence-electron chi connectivity index (χ1n) is 40.1. The Bertz CT molecular complexity index is 3590. The van der Waals surface area contributed by atoms with Crippen molar-refractivity contribution in [3.05, 3.63) is 97.2 Å². The zero-order valence-electron chi connectivity index (χ0n) is 62.4. The van der Waals surface area contributed by atoms with Crippen LogP contribution in [0.25, 0.3) is 78.7 Å². The summed E-state index contributed by atoms with van der Waals surface area (Å²) in [5, 5.41) is 2.74. The van der Waals surface area contributed by atoms with Crippen molar-refractivity contribution in [2.24, 2.45) is 0 Å². The van der Waals surface area contributed by atoms with Crippen molar-refractivity contribution in [2.45, 2.75) is 331 Å². The van der Waals surface area contributed by atoms with Gasteiger partial charge in [-0.15, -0.1) is 90.7 Å². The van der Waals surface area contributed by atoms with E-state index in [1.165, 1.54) is 330 Å². The smallest absolute Gasteiger partial charge is 0.160 e. The van der Waals surface area contributed by atoms with E-state index in [0.717, 1.165) is 98.9 Å². The molecule has 0 saturated heterocycles. The Morgan fingerprint density at radius 1 is 0.263 bits per heavy atom. The van der Waals surface area contributed by atoms with Crippen LogP contribution < -0.4 is 4.74 Å². The highest BCUT2D eigenvalue weighted by atomic mass is 32.1. The molecule has 9 rings (SSSR count). The molecule has 0 spiro atoms. The molecule has 0 radical (unpaired) electrons. The van der Waals surface area contributed by atoms with Gasteiger partial charge in [0, 0.05) is 74.0 Å². The fourth-order valence-corrected chi connectivity index (χ4v) is 24.5. The minimum absolute atomic E-state index is 0.739. The van der Waals surface area contributed by atoms with E-state index >= 15 is 0 Å². The van der Waals surface area contributed by atoms with Crippen LogP contribution in [0.5, 0.6) is 5.75 Å². The molecule has 9 aromatic rings. The van der Waals surface area contributed by atoms with Crippen molar-refractivity contribution in [3.8, 4) is 64.3 Å². The molecule has 0 amide bonds. The second kappa shape index (κ2) is 43.7. The lowest BCUT2D eigenvalue weighted by Crippen LogP contribution is -1.99. The number of hydrogen-bond donors (Lipinski definition) is 0. The highest BCUT2D eigenvalue weighted by molar-refractivity contribution is 7.31. The van der Waals surface area contributed by atoms with E-state index < -0.39 is 0 Å². The Labute approximate surface area is 631 Å². The van der Waals surface area contributed by atoms with Gasteiger partial charge in [-0.1, -0.05) is 235 Å². The van der Waals surface area contributed by atoms with Gasteiger partial charge in [-0.3, -0.25) is 9.59 Å². The van der Waals surface area contributed by atoms with E-state index in [4.69, 9.17) is 4.74 Å². The quantitative estimate of drug-likeness (QED) is 0.0282. The standard InChI is InChI=1S/C88H122O3S8/c1-9-17-25-33-35-43-51-69-70-59-74(72-55-65(47-39-29-21-13-5)85(94-72)78-57-67(49-41-31-23-15-7)83(98-78)76-53-63(80(61-89)92-76)45-37-27-19-11-3)97-88(70)82(91-52-44-36-34-26-18-10-2)71-60-75(96-87(69)71)73-56-66(48-40-30-22-14-6)86(95-73)79-58-68(50-42-32-24-16-8)84(99-79)77-54-64(81(62-90)93-77)46-38-28-20-12-4/h53-62H,9-52H2,1-8H3. The third-order valence-corrected chi connectivity index (χ3v) is 30.7. The zero-order chi connectivity index (χ0) is 69.6. The zero-order valence-corrected chi connectivity index (χ0v) is 68.9. The van der Waals surface area contributed by atoms with Crippen molar-refractivity contribution in [3.63, 3.8) is 0 Å². The number of ether oxygens (including phenoxy) is 1. The van der Waals surface area contributed by atoms with Crippen LogP contribution in [-0.4, -0.2) is 19.2 Å². The summed E-state index contributed by atoms with van der Waals surface area (Å²) in [6.45, 7) is 19.2. The number of aryl methyl sites for hydroxylation is 7. The van der Waals surface area contributed by atoms with E-state index in [1.807, 2.05) is 56.7 Å². The molecule has 99 heavy (non-hydrogen) atoms. The Hall–Kier alpha value is -3.52. The molecule has 8 heterocycles. The van der Waals surface area contributed by atoms with Crippen LogP contribution in [0.4, 0.5) is 0 Å². The Balaban J connectivity index is 1.17. The molecule has 1 aromatic carbocycles. The fourth-order valence-electron chi connectivity index (χ4n) is 14.5. The number of carbonyl (C=O) groups excluding carboxylic acids is 2. The second-order valence-corrected chi connectivity index (χ2v) is 37.1. The minimum atomic E-state index is 0.739. The molecule has 0 aliphatic rings. The van der Waals surface area contributed by atoms with Crippen LogP contribution >= 0.6 is 90.7 Å². The molecular weight excluding hydrogens is 1360 g/mol. The van der Waals surface area contributed by atoms with Crippen LogP contribution in [-0.2, 0) is 44.9 Å². The van der Waals surface area contributed by atoms with Gasteiger partial charge in [-0.25, -0.2) is 0 Å². The number of hydrogen-bond acceptors (Lipinski definition) is 11.